The summed E-state index contributed by atoms with van der Waals surface area (Å²) in [6.07, 6.45) is 7.51. The van der Waals surface area contributed by atoms with Gasteiger partial charge < -0.3 is 21.5 Å². The van der Waals surface area contributed by atoms with E-state index in [4.69, 9.17) is 38.9 Å². The average molecular weight is 536 g/mol. The highest BCUT2D eigenvalue weighted by Gasteiger charge is 2.30. The Balaban J connectivity index is 1.53. The first-order valence-corrected chi connectivity index (χ1v) is 13.0. The van der Waals surface area contributed by atoms with E-state index in [1.54, 1.807) is 6.20 Å². The molecule has 2 fully saturated rings. The fourth-order valence-corrected chi connectivity index (χ4v) is 5.79. The van der Waals surface area contributed by atoms with Crippen LogP contribution in [0.3, 0.4) is 0 Å². The van der Waals surface area contributed by atoms with E-state index in [1.165, 1.54) is 12.1 Å². The van der Waals surface area contributed by atoms with Gasteiger partial charge in [-0.05, 0) is 50.7 Å². The summed E-state index contributed by atoms with van der Waals surface area (Å²) in [7, 11) is 0. The van der Waals surface area contributed by atoms with Gasteiger partial charge in [-0.2, -0.15) is 4.98 Å². The average Bonchev–Trinajstić information content (AvgIpc) is 3.20. The molecule has 2 aliphatic carbocycles. The Morgan fingerprint density at radius 3 is 2.44 bits per heavy atom. The van der Waals surface area contributed by atoms with Gasteiger partial charge in [-0.15, -0.1) is 0 Å². The molecular formula is C24H28Cl2FN7O2. The number of benzene rings is 1. The van der Waals surface area contributed by atoms with Gasteiger partial charge in [0, 0.05) is 12.0 Å². The summed E-state index contributed by atoms with van der Waals surface area (Å²) in [5.41, 5.74) is 7.02. The molecule has 0 spiro atoms. The Labute approximate surface area is 217 Å². The lowest BCUT2D eigenvalue weighted by atomic mass is 9.85. The van der Waals surface area contributed by atoms with Crippen LogP contribution in [0.4, 0.5) is 22.0 Å². The number of primary amides is 1. The lowest BCUT2D eigenvalue weighted by Gasteiger charge is -2.29. The van der Waals surface area contributed by atoms with Crippen molar-refractivity contribution in [2.45, 2.75) is 69.6 Å². The molecule has 0 radical (unpaired) electrons. The summed E-state index contributed by atoms with van der Waals surface area (Å²) in [6, 6.07) is 2.22. The van der Waals surface area contributed by atoms with Crippen LogP contribution in [-0.4, -0.2) is 42.7 Å². The highest BCUT2D eigenvalue weighted by atomic mass is 35.5. The van der Waals surface area contributed by atoms with Crippen LogP contribution in [0.25, 0.3) is 11.2 Å². The summed E-state index contributed by atoms with van der Waals surface area (Å²) < 4.78 is 15.7. The minimum absolute atomic E-state index is 0.0193. The smallest absolute Gasteiger partial charge is 0.225 e. The molecule has 36 heavy (non-hydrogen) atoms. The lowest BCUT2D eigenvalue weighted by Crippen LogP contribution is -2.36. The fourth-order valence-electron chi connectivity index (χ4n) is 5.23. The zero-order valence-corrected chi connectivity index (χ0v) is 21.1. The van der Waals surface area contributed by atoms with Crippen LogP contribution in [0.1, 0.15) is 57.4 Å². The Kier molecular flexibility index (Phi) is 7.18. The van der Waals surface area contributed by atoms with Gasteiger partial charge in [0.2, 0.25) is 17.8 Å². The number of nitrogens with two attached hydrogens (primary N) is 1. The van der Waals surface area contributed by atoms with Crippen LogP contribution in [0, 0.1) is 11.7 Å². The molecule has 0 saturated heterocycles. The summed E-state index contributed by atoms with van der Waals surface area (Å²) in [4.78, 5) is 25.6. The van der Waals surface area contributed by atoms with Crippen molar-refractivity contribution in [3.8, 4) is 0 Å². The number of hydrogen-bond donors (Lipinski definition) is 4. The zero-order chi connectivity index (χ0) is 25.4. The van der Waals surface area contributed by atoms with Gasteiger partial charge in [-0.1, -0.05) is 36.0 Å². The highest BCUT2D eigenvalue weighted by molar-refractivity contribution is 6.39. The third kappa shape index (κ3) is 5.07. The third-order valence-corrected chi connectivity index (χ3v) is 7.78. The van der Waals surface area contributed by atoms with Crippen molar-refractivity contribution in [3.05, 3.63) is 34.2 Å². The Morgan fingerprint density at radius 2 is 1.78 bits per heavy atom. The molecule has 5 N–H and O–H groups in total. The van der Waals surface area contributed by atoms with Crippen molar-refractivity contribution < 1.29 is 14.3 Å². The number of rotatable bonds is 6. The standard InChI is InChI=1S/C24H28Cl2FN7O2/c25-15-9-13(27)10-16(26)20(15)32-24-31-18-11-29-23(30-17-3-1-2-4-19(17)35)33-22(18)34(24)14-7-5-12(6-8-14)21(28)36/h9-12,14,17,19,35H,1-8H2,(H2,28,36)(H,31,32)(H,29,30,33)/t12?,14?,17-,19-/m1/s1. The van der Waals surface area contributed by atoms with E-state index in [2.05, 4.69) is 15.6 Å². The van der Waals surface area contributed by atoms with Crippen LogP contribution < -0.4 is 16.4 Å². The maximum atomic E-state index is 13.8. The normalized spacial score (nSPS) is 24.6. The van der Waals surface area contributed by atoms with Gasteiger partial charge in [0.1, 0.15) is 11.3 Å². The Hall–Kier alpha value is -2.69. The molecule has 2 aromatic heterocycles. The number of halogens is 3. The monoisotopic (exact) mass is 535 g/mol. The molecule has 3 aromatic rings. The van der Waals surface area contributed by atoms with Crippen molar-refractivity contribution in [1.82, 2.24) is 19.5 Å². The molecule has 9 nitrogen and oxygen atoms in total. The molecule has 192 valence electrons. The second kappa shape index (κ2) is 10.4. The quantitative estimate of drug-likeness (QED) is 0.351. The predicted molar refractivity (Wildman–Crippen MR) is 137 cm³/mol. The molecule has 0 unspecified atom stereocenters. The fraction of sp³-hybridized carbons (Fsp3) is 0.500. The number of nitrogens with zero attached hydrogens (tertiary/aromatic N) is 4. The van der Waals surface area contributed by atoms with Gasteiger partial charge in [0.05, 0.1) is 34.1 Å². The molecule has 1 aromatic carbocycles. The second-order valence-corrected chi connectivity index (χ2v) is 10.4. The number of aliphatic hydroxyl groups excluding tert-OH is 1. The van der Waals surface area contributed by atoms with Crippen molar-refractivity contribution in [1.29, 1.82) is 0 Å². The second-order valence-electron chi connectivity index (χ2n) is 9.59. The van der Waals surface area contributed by atoms with Crippen molar-refractivity contribution >= 4 is 57.9 Å². The minimum atomic E-state index is -0.541. The largest absolute Gasteiger partial charge is 0.391 e. The molecule has 0 aliphatic heterocycles. The number of carbonyl (C=O) groups excluding carboxylic acids is 1. The number of carbonyl (C=O) groups is 1. The van der Waals surface area contributed by atoms with Crippen LogP contribution in [-0.2, 0) is 4.79 Å². The number of anilines is 3. The van der Waals surface area contributed by atoms with Crippen molar-refractivity contribution in [3.63, 3.8) is 0 Å². The van der Waals surface area contributed by atoms with Crippen LogP contribution in [0.5, 0.6) is 0 Å². The molecule has 2 heterocycles. The summed E-state index contributed by atoms with van der Waals surface area (Å²) in [6.45, 7) is 0. The lowest BCUT2D eigenvalue weighted by molar-refractivity contribution is -0.122. The van der Waals surface area contributed by atoms with Crippen LogP contribution >= 0.6 is 23.2 Å². The molecule has 0 bridgehead atoms. The molecule has 5 rings (SSSR count). The van der Waals surface area contributed by atoms with Gasteiger partial charge in [0.25, 0.3) is 0 Å². The Bertz CT molecular complexity index is 1260. The SMILES string of the molecule is NC(=O)C1CCC(n2c(Nc3c(Cl)cc(F)cc3Cl)nc3cnc(N[C@@H]4CCCC[C@H]4O)nc32)CC1. The van der Waals surface area contributed by atoms with E-state index in [0.717, 1.165) is 25.7 Å². The maximum Gasteiger partial charge on any atom is 0.225 e. The molecule has 2 atom stereocenters. The van der Waals surface area contributed by atoms with Crippen molar-refractivity contribution in [2.75, 3.05) is 10.6 Å². The van der Waals surface area contributed by atoms with Gasteiger partial charge in [-0.3, -0.25) is 9.36 Å². The molecule has 2 aliphatic rings. The minimum Gasteiger partial charge on any atom is -0.391 e. The van der Waals surface area contributed by atoms with Crippen LogP contribution in [0.15, 0.2) is 18.3 Å². The van der Waals surface area contributed by atoms with E-state index in [1.807, 2.05) is 4.57 Å². The number of aromatic nitrogens is 4. The van der Waals surface area contributed by atoms with Gasteiger partial charge in [-0.25, -0.2) is 14.4 Å². The molecule has 2 saturated carbocycles. The van der Waals surface area contributed by atoms with E-state index >= 15 is 0 Å². The van der Waals surface area contributed by atoms with Gasteiger partial charge in [0.15, 0.2) is 5.65 Å². The molecular weight excluding hydrogens is 508 g/mol. The van der Waals surface area contributed by atoms with E-state index < -0.39 is 11.9 Å². The van der Waals surface area contributed by atoms with Gasteiger partial charge >= 0.3 is 0 Å². The number of amides is 1. The topological polar surface area (TPSA) is 131 Å². The predicted octanol–water partition coefficient (Wildman–Crippen LogP) is 4.95. The zero-order valence-electron chi connectivity index (χ0n) is 19.6. The highest BCUT2D eigenvalue weighted by Crippen LogP contribution is 2.39. The molecule has 1 amide bonds. The first-order chi connectivity index (χ1) is 17.3. The van der Waals surface area contributed by atoms with Crippen molar-refractivity contribution in [2.24, 2.45) is 11.7 Å². The van der Waals surface area contributed by atoms with E-state index in [-0.39, 0.29) is 34.0 Å². The summed E-state index contributed by atoms with van der Waals surface area (Å²) in [5.74, 6) is -0.141. The summed E-state index contributed by atoms with van der Waals surface area (Å²) in [5, 5.41) is 17.1. The van der Waals surface area contributed by atoms with E-state index in [9.17, 15) is 14.3 Å². The number of imidazole rings is 1. The van der Waals surface area contributed by atoms with Crippen LogP contribution in [0.2, 0.25) is 10.0 Å². The van der Waals surface area contributed by atoms with E-state index in [0.29, 0.717) is 54.4 Å². The first kappa shape index (κ1) is 25.0. The summed E-state index contributed by atoms with van der Waals surface area (Å²) >= 11 is 12.6. The Morgan fingerprint density at radius 1 is 1.08 bits per heavy atom. The number of hydrogen-bond acceptors (Lipinski definition) is 7. The third-order valence-electron chi connectivity index (χ3n) is 7.18. The first-order valence-electron chi connectivity index (χ1n) is 12.2. The number of nitrogens with one attached hydrogen (secondary N) is 2. The number of aliphatic hydroxyl groups is 1. The maximum absolute atomic E-state index is 13.8. The number of fused-ring (bicyclic) bond motifs is 1. The molecule has 12 heteroatoms.